The van der Waals surface area contributed by atoms with Crippen LogP contribution >= 0.6 is 0 Å². The molecule has 1 fully saturated rings. The lowest BCUT2D eigenvalue weighted by Crippen LogP contribution is -2.49. The molecule has 0 saturated carbocycles. The highest BCUT2D eigenvalue weighted by atomic mass is 32.2. The van der Waals surface area contributed by atoms with Crippen molar-refractivity contribution in [3.63, 3.8) is 0 Å². The summed E-state index contributed by atoms with van der Waals surface area (Å²) in [6, 6.07) is 8.32. The minimum atomic E-state index is -3.29. The zero-order valence-corrected chi connectivity index (χ0v) is 18.9. The van der Waals surface area contributed by atoms with Crippen LogP contribution in [0.2, 0.25) is 0 Å². The van der Waals surface area contributed by atoms with Crippen LogP contribution in [0.25, 0.3) is 0 Å². The monoisotopic (exact) mass is 451 g/mol. The third-order valence-electron chi connectivity index (χ3n) is 5.24. The fourth-order valence-electron chi connectivity index (χ4n) is 3.54. The molecule has 170 valence electrons. The van der Waals surface area contributed by atoms with Gasteiger partial charge < -0.3 is 9.64 Å². The normalized spacial score (nSPS) is 15.1. The zero-order chi connectivity index (χ0) is 22.6. The number of nitrogens with one attached hydrogen (secondary N) is 1. The van der Waals surface area contributed by atoms with Gasteiger partial charge in [-0.05, 0) is 30.7 Å². The van der Waals surface area contributed by atoms with Crippen molar-refractivity contribution in [3.05, 3.63) is 51.2 Å². The second-order valence-corrected chi connectivity index (χ2v) is 9.42. The topological polar surface area (TPSA) is 106 Å². The Bertz CT molecular complexity index is 1120. The van der Waals surface area contributed by atoms with Gasteiger partial charge in [-0.3, -0.25) is 23.6 Å². The fraction of sp³-hybridized carbons (Fsp3) is 0.500. The molecule has 1 aliphatic rings. The molecule has 1 aromatic heterocycles. The molecule has 0 atom stereocenters. The first kappa shape index (κ1) is 22.9. The minimum absolute atomic E-state index is 0.294. The number of hydrogen-bond donors (Lipinski definition) is 1. The number of anilines is 2. The standard InChI is InChI=1S/C20H29N5O5S/c1-22-18(15-19(26)23(2)20(22)27)25-12-10-24(11-13-25)9-4-14-30-17-7-5-16(6-8-17)21-31(3,28)29/h5-8,15,21H,4,9-14H2,1-3H3. The van der Waals surface area contributed by atoms with Crippen LogP contribution in [0, 0.1) is 0 Å². The van der Waals surface area contributed by atoms with Gasteiger partial charge in [-0.15, -0.1) is 0 Å². The summed E-state index contributed by atoms with van der Waals surface area (Å²) >= 11 is 0. The molecule has 0 spiro atoms. The van der Waals surface area contributed by atoms with E-state index in [1.165, 1.54) is 17.7 Å². The van der Waals surface area contributed by atoms with Gasteiger partial charge in [0.2, 0.25) is 10.0 Å². The molecule has 0 aliphatic carbocycles. The van der Waals surface area contributed by atoms with Gasteiger partial charge in [-0.25, -0.2) is 13.2 Å². The van der Waals surface area contributed by atoms with Gasteiger partial charge >= 0.3 is 5.69 Å². The third kappa shape index (κ3) is 6.11. The van der Waals surface area contributed by atoms with Gasteiger partial charge in [0.25, 0.3) is 5.56 Å². The van der Waals surface area contributed by atoms with Crippen molar-refractivity contribution in [3.8, 4) is 5.75 Å². The van der Waals surface area contributed by atoms with E-state index in [-0.39, 0.29) is 11.2 Å². The van der Waals surface area contributed by atoms with Crippen LogP contribution < -0.4 is 25.6 Å². The maximum Gasteiger partial charge on any atom is 0.332 e. The molecule has 10 nitrogen and oxygen atoms in total. The van der Waals surface area contributed by atoms with E-state index >= 15 is 0 Å². The van der Waals surface area contributed by atoms with Crippen molar-refractivity contribution in [1.29, 1.82) is 0 Å². The Kier molecular flexibility index (Phi) is 7.06. The van der Waals surface area contributed by atoms with E-state index in [4.69, 9.17) is 4.74 Å². The first-order valence-corrected chi connectivity index (χ1v) is 12.0. The second-order valence-electron chi connectivity index (χ2n) is 7.67. The second kappa shape index (κ2) is 9.56. The Balaban J connectivity index is 1.42. The predicted molar refractivity (Wildman–Crippen MR) is 121 cm³/mol. The summed E-state index contributed by atoms with van der Waals surface area (Å²) in [5, 5.41) is 0. The van der Waals surface area contributed by atoms with E-state index in [1.807, 2.05) is 0 Å². The van der Waals surface area contributed by atoms with E-state index < -0.39 is 10.0 Å². The molecule has 0 unspecified atom stereocenters. The summed E-state index contributed by atoms with van der Waals surface area (Å²) < 4.78 is 33.2. The van der Waals surface area contributed by atoms with Crippen molar-refractivity contribution < 1.29 is 13.2 Å². The largest absolute Gasteiger partial charge is 0.494 e. The lowest BCUT2D eigenvalue weighted by Gasteiger charge is -2.36. The summed E-state index contributed by atoms with van der Waals surface area (Å²) in [4.78, 5) is 28.5. The Hall–Kier alpha value is -2.79. The van der Waals surface area contributed by atoms with E-state index in [2.05, 4.69) is 14.5 Å². The highest BCUT2D eigenvalue weighted by Gasteiger charge is 2.20. The van der Waals surface area contributed by atoms with Gasteiger partial charge in [-0.2, -0.15) is 0 Å². The van der Waals surface area contributed by atoms with Crippen LogP contribution in [0.3, 0.4) is 0 Å². The predicted octanol–water partition coefficient (Wildman–Crippen LogP) is 0.0466. The molecule has 2 aromatic rings. The average Bonchev–Trinajstić information content (AvgIpc) is 2.73. The third-order valence-corrected chi connectivity index (χ3v) is 5.85. The molecule has 0 bridgehead atoms. The Labute approximate surface area is 181 Å². The summed E-state index contributed by atoms with van der Waals surface area (Å²) in [6.45, 7) is 4.62. The molecule has 1 aromatic carbocycles. The summed E-state index contributed by atoms with van der Waals surface area (Å²) in [5.41, 5.74) is -0.110. The molecule has 31 heavy (non-hydrogen) atoms. The first-order chi connectivity index (χ1) is 14.6. The zero-order valence-electron chi connectivity index (χ0n) is 18.1. The van der Waals surface area contributed by atoms with Gasteiger partial charge in [0.1, 0.15) is 11.6 Å². The summed E-state index contributed by atoms with van der Waals surface area (Å²) in [7, 11) is -0.120. The molecule has 2 heterocycles. The van der Waals surface area contributed by atoms with Crippen molar-refractivity contribution in [2.45, 2.75) is 6.42 Å². The molecule has 1 N–H and O–H groups in total. The Morgan fingerprint density at radius 1 is 1.00 bits per heavy atom. The molecule has 1 aliphatic heterocycles. The van der Waals surface area contributed by atoms with E-state index in [0.29, 0.717) is 23.9 Å². The molecular formula is C20H29N5O5S. The van der Waals surface area contributed by atoms with E-state index in [1.54, 1.807) is 31.3 Å². The molecule has 11 heteroatoms. The number of piperazine rings is 1. The van der Waals surface area contributed by atoms with Crippen LogP contribution in [0.5, 0.6) is 5.75 Å². The Morgan fingerprint density at radius 3 is 2.26 bits per heavy atom. The minimum Gasteiger partial charge on any atom is -0.494 e. The fourth-order valence-corrected chi connectivity index (χ4v) is 4.10. The quantitative estimate of drug-likeness (QED) is 0.565. The van der Waals surface area contributed by atoms with Crippen molar-refractivity contribution in [1.82, 2.24) is 14.0 Å². The average molecular weight is 452 g/mol. The lowest BCUT2D eigenvalue weighted by molar-refractivity contribution is 0.224. The van der Waals surface area contributed by atoms with Gasteiger partial charge in [0, 0.05) is 58.6 Å². The van der Waals surface area contributed by atoms with Crippen LogP contribution in [-0.2, 0) is 24.1 Å². The van der Waals surface area contributed by atoms with Crippen molar-refractivity contribution >= 4 is 21.5 Å². The maximum atomic E-state index is 12.1. The number of nitrogens with zero attached hydrogens (tertiary/aromatic N) is 4. The van der Waals surface area contributed by atoms with E-state index in [0.717, 1.165) is 50.0 Å². The summed E-state index contributed by atoms with van der Waals surface area (Å²) in [6.07, 6.45) is 1.97. The molecule has 3 rings (SSSR count). The van der Waals surface area contributed by atoms with Gasteiger partial charge in [0.15, 0.2) is 0 Å². The number of aromatic nitrogens is 2. The van der Waals surface area contributed by atoms with E-state index in [9.17, 15) is 18.0 Å². The Morgan fingerprint density at radius 2 is 1.65 bits per heavy atom. The van der Waals surface area contributed by atoms with Crippen LogP contribution in [-0.4, -0.2) is 68.0 Å². The molecule has 0 amide bonds. The molecular weight excluding hydrogens is 422 g/mol. The van der Waals surface area contributed by atoms with Gasteiger partial charge in [0.05, 0.1) is 12.9 Å². The van der Waals surface area contributed by atoms with Crippen molar-refractivity contribution in [2.75, 3.05) is 55.2 Å². The first-order valence-electron chi connectivity index (χ1n) is 10.1. The summed E-state index contributed by atoms with van der Waals surface area (Å²) in [5.74, 6) is 1.35. The number of benzene rings is 1. The highest BCUT2D eigenvalue weighted by Crippen LogP contribution is 2.17. The molecule has 0 radical (unpaired) electrons. The number of hydrogen-bond acceptors (Lipinski definition) is 7. The van der Waals surface area contributed by atoms with Crippen molar-refractivity contribution in [2.24, 2.45) is 14.1 Å². The van der Waals surface area contributed by atoms with Crippen LogP contribution in [0.15, 0.2) is 39.9 Å². The molecule has 1 saturated heterocycles. The number of ether oxygens (including phenoxy) is 1. The maximum absolute atomic E-state index is 12.1. The highest BCUT2D eigenvalue weighted by molar-refractivity contribution is 7.92. The van der Waals surface area contributed by atoms with Crippen LogP contribution in [0.4, 0.5) is 11.5 Å². The lowest BCUT2D eigenvalue weighted by atomic mass is 10.3. The van der Waals surface area contributed by atoms with Gasteiger partial charge in [-0.1, -0.05) is 0 Å². The smallest absolute Gasteiger partial charge is 0.332 e. The SMILES string of the molecule is Cn1c(N2CCN(CCCOc3ccc(NS(C)(=O)=O)cc3)CC2)cc(=O)n(C)c1=O. The number of sulfonamides is 1. The van der Waals surface area contributed by atoms with Crippen LogP contribution in [0.1, 0.15) is 6.42 Å². The number of rotatable bonds is 8.